The van der Waals surface area contributed by atoms with Gasteiger partial charge in [-0.25, -0.2) is 0 Å². The average Bonchev–Trinajstić information content (AvgIpc) is 2.52. The molecular weight excluding hydrogens is 248 g/mol. The molecule has 1 aliphatic rings. The fourth-order valence-corrected chi connectivity index (χ4v) is 3.25. The number of hydrogen-bond donors (Lipinski definition) is 1. The first-order chi connectivity index (χ1) is 9.72. The number of ketones is 1. The van der Waals surface area contributed by atoms with Crippen molar-refractivity contribution < 1.29 is 9.90 Å². The highest BCUT2D eigenvalue weighted by molar-refractivity contribution is 5.84. The predicted molar refractivity (Wildman–Crippen MR) is 78.5 cm³/mol. The van der Waals surface area contributed by atoms with E-state index in [0.717, 1.165) is 6.42 Å². The lowest BCUT2D eigenvalue weighted by Crippen LogP contribution is -2.41. The van der Waals surface area contributed by atoms with Gasteiger partial charge in [-0.1, -0.05) is 60.7 Å². The number of rotatable bonds is 2. The summed E-state index contributed by atoms with van der Waals surface area (Å²) in [5.41, 5.74) is 2.10. The van der Waals surface area contributed by atoms with Crippen LogP contribution in [0.2, 0.25) is 0 Å². The number of benzene rings is 2. The zero-order valence-corrected chi connectivity index (χ0v) is 11.3. The van der Waals surface area contributed by atoms with Crippen LogP contribution in [0.3, 0.4) is 0 Å². The molecule has 2 aromatic carbocycles. The quantitative estimate of drug-likeness (QED) is 0.907. The number of aliphatic hydroxyl groups excluding tert-OH is 1. The van der Waals surface area contributed by atoms with E-state index in [1.165, 1.54) is 11.1 Å². The Morgan fingerprint density at radius 3 is 1.85 bits per heavy atom. The van der Waals surface area contributed by atoms with Crippen molar-refractivity contribution in [3.05, 3.63) is 71.8 Å². The molecule has 0 bridgehead atoms. The molecule has 1 atom stereocenters. The Morgan fingerprint density at radius 2 is 1.40 bits per heavy atom. The molecule has 2 heteroatoms. The molecule has 0 aliphatic heterocycles. The van der Waals surface area contributed by atoms with Gasteiger partial charge in [-0.15, -0.1) is 0 Å². The van der Waals surface area contributed by atoms with Crippen molar-refractivity contribution in [2.45, 2.75) is 30.8 Å². The van der Waals surface area contributed by atoms with Gasteiger partial charge in [0, 0.05) is 11.8 Å². The number of aliphatic hydroxyl groups is 1. The highest BCUT2D eigenvalue weighted by Crippen LogP contribution is 2.43. The molecule has 0 aromatic heterocycles. The normalized spacial score (nSPS) is 21.6. The molecule has 2 nitrogen and oxygen atoms in total. The summed E-state index contributed by atoms with van der Waals surface area (Å²) < 4.78 is 0. The van der Waals surface area contributed by atoms with Crippen LogP contribution in [0.4, 0.5) is 0 Å². The molecule has 102 valence electrons. The minimum absolute atomic E-state index is 0.0347. The molecule has 1 aliphatic carbocycles. The van der Waals surface area contributed by atoms with Crippen LogP contribution in [0.1, 0.15) is 30.4 Å². The van der Waals surface area contributed by atoms with E-state index in [0.29, 0.717) is 12.8 Å². The Balaban J connectivity index is 2.11. The third kappa shape index (κ3) is 2.16. The molecule has 0 spiro atoms. The fraction of sp³-hybridized carbons (Fsp3) is 0.278. The van der Waals surface area contributed by atoms with Crippen molar-refractivity contribution in [1.29, 1.82) is 0 Å². The summed E-state index contributed by atoms with van der Waals surface area (Å²) in [6, 6.07) is 20.4. The van der Waals surface area contributed by atoms with Crippen LogP contribution < -0.4 is 0 Å². The Morgan fingerprint density at radius 1 is 0.900 bits per heavy atom. The van der Waals surface area contributed by atoms with Gasteiger partial charge >= 0.3 is 0 Å². The second-order valence-corrected chi connectivity index (χ2v) is 5.50. The van der Waals surface area contributed by atoms with Gasteiger partial charge in [0.25, 0.3) is 0 Å². The second-order valence-electron chi connectivity index (χ2n) is 5.50. The minimum atomic E-state index is -0.857. The molecule has 3 rings (SSSR count). The molecule has 0 amide bonds. The number of carbonyl (C=O) groups excluding carboxylic acids is 1. The SMILES string of the molecule is O=C1CCC(c2ccccc2)(c2ccccc2)CC1O. The van der Waals surface area contributed by atoms with E-state index in [1.54, 1.807) is 0 Å². The van der Waals surface area contributed by atoms with E-state index in [9.17, 15) is 9.90 Å². The van der Waals surface area contributed by atoms with Crippen molar-refractivity contribution in [2.24, 2.45) is 0 Å². The molecule has 1 saturated carbocycles. The summed E-state index contributed by atoms with van der Waals surface area (Å²) in [7, 11) is 0. The van der Waals surface area contributed by atoms with Gasteiger partial charge in [-0.05, 0) is 24.0 Å². The van der Waals surface area contributed by atoms with E-state index in [-0.39, 0.29) is 11.2 Å². The summed E-state index contributed by atoms with van der Waals surface area (Å²) >= 11 is 0. The average molecular weight is 266 g/mol. The van der Waals surface area contributed by atoms with Crippen LogP contribution in [-0.4, -0.2) is 17.0 Å². The Labute approximate surface area is 119 Å². The molecule has 0 saturated heterocycles. The van der Waals surface area contributed by atoms with Crippen LogP contribution in [0.25, 0.3) is 0 Å². The lowest BCUT2D eigenvalue weighted by atomic mass is 9.64. The van der Waals surface area contributed by atoms with Crippen LogP contribution in [0, 0.1) is 0 Å². The predicted octanol–water partition coefficient (Wildman–Crippen LogP) is 3.09. The van der Waals surface area contributed by atoms with Gasteiger partial charge in [0.15, 0.2) is 5.78 Å². The lowest BCUT2D eigenvalue weighted by molar-refractivity contribution is -0.130. The smallest absolute Gasteiger partial charge is 0.161 e. The number of hydrogen-bond acceptors (Lipinski definition) is 2. The molecule has 0 radical (unpaired) electrons. The van der Waals surface area contributed by atoms with Crippen LogP contribution in [0.15, 0.2) is 60.7 Å². The van der Waals surface area contributed by atoms with E-state index >= 15 is 0 Å². The van der Waals surface area contributed by atoms with Crippen molar-refractivity contribution in [3.63, 3.8) is 0 Å². The first-order valence-electron chi connectivity index (χ1n) is 7.04. The second kappa shape index (κ2) is 5.22. The first kappa shape index (κ1) is 13.1. The third-order valence-corrected chi connectivity index (χ3v) is 4.36. The van der Waals surface area contributed by atoms with Crippen LogP contribution in [-0.2, 0) is 10.2 Å². The Hall–Kier alpha value is -1.93. The summed E-state index contributed by atoms with van der Waals surface area (Å²) in [4.78, 5) is 11.7. The van der Waals surface area contributed by atoms with Crippen LogP contribution in [0.5, 0.6) is 0 Å². The Bertz CT molecular complexity index is 550. The zero-order chi connectivity index (χ0) is 14.0. The third-order valence-electron chi connectivity index (χ3n) is 4.36. The van der Waals surface area contributed by atoms with Crippen molar-refractivity contribution in [3.8, 4) is 0 Å². The number of carbonyl (C=O) groups is 1. The van der Waals surface area contributed by atoms with Gasteiger partial charge < -0.3 is 5.11 Å². The van der Waals surface area contributed by atoms with Crippen LogP contribution >= 0.6 is 0 Å². The van der Waals surface area contributed by atoms with Gasteiger partial charge in [-0.3, -0.25) is 4.79 Å². The van der Waals surface area contributed by atoms with Gasteiger partial charge in [0.05, 0.1) is 0 Å². The summed E-state index contributed by atoms with van der Waals surface area (Å²) in [5.74, 6) is -0.0347. The fourth-order valence-electron chi connectivity index (χ4n) is 3.25. The minimum Gasteiger partial charge on any atom is -0.385 e. The molecule has 2 aromatic rings. The zero-order valence-electron chi connectivity index (χ0n) is 11.3. The van der Waals surface area contributed by atoms with Crippen molar-refractivity contribution in [2.75, 3.05) is 0 Å². The van der Waals surface area contributed by atoms with E-state index in [4.69, 9.17) is 0 Å². The molecule has 0 heterocycles. The van der Waals surface area contributed by atoms with E-state index in [1.807, 2.05) is 36.4 Å². The molecule has 1 fully saturated rings. The van der Waals surface area contributed by atoms with Gasteiger partial charge in [-0.2, -0.15) is 0 Å². The summed E-state index contributed by atoms with van der Waals surface area (Å²) in [6.45, 7) is 0. The van der Waals surface area contributed by atoms with Gasteiger partial charge in [0.2, 0.25) is 0 Å². The van der Waals surface area contributed by atoms with Crippen molar-refractivity contribution in [1.82, 2.24) is 0 Å². The lowest BCUT2D eigenvalue weighted by Gasteiger charge is -2.40. The first-order valence-corrected chi connectivity index (χ1v) is 7.04. The van der Waals surface area contributed by atoms with E-state index in [2.05, 4.69) is 24.3 Å². The standard InChI is InChI=1S/C18H18O2/c19-16-11-12-18(13-17(16)20,14-7-3-1-4-8-14)15-9-5-2-6-10-15/h1-10,17,20H,11-13H2. The topological polar surface area (TPSA) is 37.3 Å². The Kier molecular flexibility index (Phi) is 3.41. The maximum absolute atomic E-state index is 11.7. The van der Waals surface area contributed by atoms with E-state index < -0.39 is 6.10 Å². The summed E-state index contributed by atoms with van der Waals surface area (Å²) in [6.07, 6.45) is 0.811. The van der Waals surface area contributed by atoms with Crippen molar-refractivity contribution >= 4 is 5.78 Å². The number of Topliss-reactive ketones (excluding diaryl/α,β-unsaturated/α-hetero) is 1. The summed E-state index contributed by atoms with van der Waals surface area (Å²) in [5, 5.41) is 10.1. The highest BCUT2D eigenvalue weighted by atomic mass is 16.3. The largest absolute Gasteiger partial charge is 0.385 e. The molecule has 1 N–H and O–H groups in total. The monoisotopic (exact) mass is 266 g/mol. The maximum atomic E-state index is 11.7. The highest BCUT2D eigenvalue weighted by Gasteiger charge is 2.41. The molecule has 20 heavy (non-hydrogen) atoms. The maximum Gasteiger partial charge on any atom is 0.161 e. The molecular formula is C18H18O2. The molecule has 1 unspecified atom stereocenters. The van der Waals surface area contributed by atoms with Gasteiger partial charge in [0.1, 0.15) is 6.10 Å².